The van der Waals surface area contributed by atoms with Crippen LogP contribution in [0.5, 0.6) is 5.75 Å². The summed E-state index contributed by atoms with van der Waals surface area (Å²) in [7, 11) is -3.10. The van der Waals surface area contributed by atoms with E-state index in [4.69, 9.17) is 14.2 Å². The fourth-order valence-corrected chi connectivity index (χ4v) is 6.36. The van der Waals surface area contributed by atoms with E-state index in [0.717, 1.165) is 25.7 Å². The first-order valence-electron chi connectivity index (χ1n) is 13.3. The lowest BCUT2D eigenvalue weighted by atomic mass is 9.61. The molecule has 7 heteroatoms. The minimum Gasteiger partial charge on any atom is -0.483 e. The Balaban J connectivity index is 2.27. The maximum Gasteiger partial charge on any atom is 0.316 e. The van der Waals surface area contributed by atoms with Gasteiger partial charge in [-0.25, -0.2) is 4.39 Å². The van der Waals surface area contributed by atoms with E-state index in [1.54, 1.807) is 12.1 Å². The average Bonchev–Trinajstić information content (AvgIpc) is 2.75. The van der Waals surface area contributed by atoms with Gasteiger partial charge in [-0.3, -0.25) is 4.57 Å². The van der Waals surface area contributed by atoms with Crippen LogP contribution in [0.25, 0.3) is 0 Å². The number of hydrogen-bond donors (Lipinski definition) is 1. The SMILES string of the molecule is CCCCCC1CCC(c2ccc(OC(CCO[PH](=O)O)(C(C)(C)C)C(C)(C)C)c(F)c2F)CC1. The molecule has 1 fully saturated rings. The second-order valence-corrected chi connectivity index (χ2v) is 13.1. The highest BCUT2D eigenvalue weighted by molar-refractivity contribution is 7.32. The smallest absolute Gasteiger partial charge is 0.316 e. The number of unbranched alkanes of at least 4 members (excludes halogenated alkanes) is 2. The Labute approximate surface area is 212 Å². The lowest BCUT2D eigenvalue weighted by molar-refractivity contribution is -0.127. The van der Waals surface area contributed by atoms with E-state index in [-0.39, 0.29) is 24.7 Å². The molecule has 0 bridgehead atoms. The minimum absolute atomic E-state index is 0.0213. The molecule has 0 aromatic heterocycles. The molecule has 0 saturated heterocycles. The van der Waals surface area contributed by atoms with E-state index < -0.39 is 36.3 Å². The molecule has 1 aliphatic rings. The summed E-state index contributed by atoms with van der Waals surface area (Å²) in [6.07, 6.45) is 9.13. The maximum absolute atomic E-state index is 15.4. The predicted molar refractivity (Wildman–Crippen MR) is 139 cm³/mol. The quantitative estimate of drug-likeness (QED) is 0.236. The molecular formula is C28H47F2O4P. The van der Waals surface area contributed by atoms with Crippen LogP contribution < -0.4 is 4.74 Å². The lowest BCUT2D eigenvalue weighted by Gasteiger charge is -2.53. The van der Waals surface area contributed by atoms with Crippen molar-refractivity contribution in [2.24, 2.45) is 16.7 Å². The van der Waals surface area contributed by atoms with E-state index >= 15 is 8.78 Å². The summed E-state index contributed by atoms with van der Waals surface area (Å²) in [5, 5.41) is 0. The summed E-state index contributed by atoms with van der Waals surface area (Å²) in [6.45, 7) is 14.0. The predicted octanol–water partition coefficient (Wildman–Crippen LogP) is 8.82. The zero-order chi connectivity index (χ0) is 26.4. The normalized spacial score (nSPS) is 20.6. The van der Waals surface area contributed by atoms with Gasteiger partial charge in [0.1, 0.15) is 5.60 Å². The van der Waals surface area contributed by atoms with Gasteiger partial charge in [0.2, 0.25) is 5.82 Å². The molecule has 0 aliphatic heterocycles. The molecule has 202 valence electrons. The lowest BCUT2D eigenvalue weighted by Crippen LogP contribution is -2.58. The van der Waals surface area contributed by atoms with Gasteiger partial charge in [-0.15, -0.1) is 0 Å². The highest BCUT2D eigenvalue weighted by Gasteiger charge is 2.53. The first kappa shape index (κ1) is 30.3. The number of ether oxygens (including phenoxy) is 1. The van der Waals surface area contributed by atoms with Crippen molar-refractivity contribution in [2.75, 3.05) is 6.61 Å². The number of rotatable bonds is 11. The van der Waals surface area contributed by atoms with Gasteiger partial charge in [-0.2, -0.15) is 4.39 Å². The van der Waals surface area contributed by atoms with Crippen molar-refractivity contribution >= 4 is 8.25 Å². The molecule has 0 spiro atoms. The minimum atomic E-state index is -3.10. The molecule has 1 saturated carbocycles. The third kappa shape index (κ3) is 7.52. The number of hydrogen-bond acceptors (Lipinski definition) is 3. The molecule has 0 amide bonds. The van der Waals surface area contributed by atoms with E-state index in [0.29, 0.717) is 11.5 Å². The monoisotopic (exact) mass is 516 g/mol. The van der Waals surface area contributed by atoms with Crippen molar-refractivity contribution in [3.63, 3.8) is 0 Å². The standard InChI is InChI=1S/C28H47F2O4P/c1-8-9-10-11-20-12-14-21(15-13-20)22-16-17-23(25(30)24(22)29)34-28(26(2,3)4,27(5,6)7)18-19-33-35(31)32/h16-17,20-21,35H,8-15,18-19H2,1-7H3,(H,31,32). The van der Waals surface area contributed by atoms with E-state index in [1.165, 1.54) is 25.7 Å². The van der Waals surface area contributed by atoms with Crippen LogP contribution in [-0.4, -0.2) is 17.1 Å². The fourth-order valence-electron chi connectivity index (χ4n) is 6.09. The molecule has 1 N–H and O–H groups in total. The molecule has 4 nitrogen and oxygen atoms in total. The Morgan fingerprint density at radius 1 is 0.971 bits per heavy atom. The Morgan fingerprint density at radius 3 is 2.09 bits per heavy atom. The molecule has 1 atom stereocenters. The Kier molecular flexibility index (Phi) is 10.8. The van der Waals surface area contributed by atoms with Gasteiger partial charge in [-0.05, 0) is 49.1 Å². The zero-order valence-electron chi connectivity index (χ0n) is 22.8. The zero-order valence-corrected chi connectivity index (χ0v) is 23.8. The van der Waals surface area contributed by atoms with Gasteiger partial charge in [-0.1, -0.05) is 80.2 Å². The molecule has 0 radical (unpaired) electrons. The van der Waals surface area contributed by atoms with Crippen molar-refractivity contribution in [1.29, 1.82) is 0 Å². The van der Waals surface area contributed by atoms with Gasteiger partial charge < -0.3 is 14.2 Å². The van der Waals surface area contributed by atoms with Crippen LogP contribution >= 0.6 is 8.25 Å². The molecule has 0 heterocycles. The van der Waals surface area contributed by atoms with Crippen LogP contribution in [0.15, 0.2) is 12.1 Å². The van der Waals surface area contributed by atoms with Crippen LogP contribution in [0.1, 0.15) is 118 Å². The van der Waals surface area contributed by atoms with Gasteiger partial charge in [0.25, 0.3) is 0 Å². The van der Waals surface area contributed by atoms with Gasteiger partial charge >= 0.3 is 8.25 Å². The first-order valence-corrected chi connectivity index (χ1v) is 14.5. The van der Waals surface area contributed by atoms with Crippen molar-refractivity contribution in [1.82, 2.24) is 0 Å². The molecule has 2 rings (SSSR count). The van der Waals surface area contributed by atoms with Gasteiger partial charge in [0.15, 0.2) is 11.6 Å². The summed E-state index contributed by atoms with van der Waals surface area (Å²) in [5.74, 6) is -1.16. The molecule has 1 aliphatic carbocycles. The Hall–Kier alpha value is -0.970. The van der Waals surface area contributed by atoms with Gasteiger partial charge in [0.05, 0.1) is 6.61 Å². The maximum atomic E-state index is 15.4. The van der Waals surface area contributed by atoms with Crippen molar-refractivity contribution in [3.05, 3.63) is 29.3 Å². The number of benzene rings is 1. The van der Waals surface area contributed by atoms with Crippen molar-refractivity contribution in [3.8, 4) is 5.75 Å². The summed E-state index contributed by atoms with van der Waals surface area (Å²) >= 11 is 0. The summed E-state index contributed by atoms with van der Waals surface area (Å²) < 4.78 is 53.3. The first-order chi connectivity index (χ1) is 16.2. The highest BCUT2D eigenvalue weighted by atomic mass is 31.1. The molecule has 1 aromatic rings. The van der Waals surface area contributed by atoms with E-state index in [1.807, 2.05) is 41.5 Å². The van der Waals surface area contributed by atoms with E-state index in [9.17, 15) is 4.57 Å². The van der Waals surface area contributed by atoms with Crippen LogP contribution in [-0.2, 0) is 9.09 Å². The highest BCUT2D eigenvalue weighted by Crippen LogP contribution is 2.50. The topological polar surface area (TPSA) is 55.8 Å². The number of halogens is 2. The average molecular weight is 517 g/mol. The third-order valence-corrected chi connectivity index (χ3v) is 8.42. The molecule has 1 unspecified atom stereocenters. The van der Waals surface area contributed by atoms with Crippen LogP contribution in [0.2, 0.25) is 0 Å². The Bertz CT molecular complexity index is 823. The second-order valence-electron chi connectivity index (χ2n) is 12.3. The Morgan fingerprint density at radius 2 is 1.57 bits per heavy atom. The van der Waals surface area contributed by atoms with E-state index in [2.05, 4.69) is 6.92 Å². The fraction of sp³-hybridized carbons (Fsp3) is 0.786. The van der Waals surface area contributed by atoms with Crippen LogP contribution in [0, 0.1) is 28.4 Å². The van der Waals surface area contributed by atoms with Crippen molar-refractivity contribution < 1.29 is 27.5 Å². The van der Waals surface area contributed by atoms with Gasteiger partial charge in [0, 0.05) is 17.3 Å². The molecule has 1 aromatic carbocycles. The molecular weight excluding hydrogens is 469 g/mol. The largest absolute Gasteiger partial charge is 0.483 e. The van der Waals surface area contributed by atoms with Crippen molar-refractivity contribution in [2.45, 2.75) is 118 Å². The summed E-state index contributed by atoms with van der Waals surface area (Å²) in [5.41, 5.74) is -1.54. The third-order valence-electron chi connectivity index (χ3n) is 7.97. The van der Waals surface area contributed by atoms with Crippen LogP contribution in [0.3, 0.4) is 0 Å². The van der Waals surface area contributed by atoms with Crippen LogP contribution in [0.4, 0.5) is 8.78 Å². The summed E-state index contributed by atoms with van der Waals surface area (Å²) in [6, 6.07) is 3.25. The summed E-state index contributed by atoms with van der Waals surface area (Å²) in [4.78, 5) is 9.12. The molecule has 35 heavy (non-hydrogen) atoms. The second kappa shape index (κ2) is 12.5.